The molecule has 284 valence electrons. The Balaban J connectivity index is 1.72. The molecule has 9 rings (SSSR count). The average Bonchev–Trinajstić information content (AvgIpc) is 3.33. The Kier molecular flexibility index (Phi) is 10.9. The van der Waals surface area contributed by atoms with Crippen LogP contribution in [0.4, 0.5) is 0 Å². The maximum atomic E-state index is 20.7. The normalized spacial score (nSPS) is 12.1. The summed E-state index contributed by atoms with van der Waals surface area (Å²) in [6.07, 6.45) is -11.4. The fraction of sp³-hybridized carbons (Fsp3) is 0. The van der Waals surface area contributed by atoms with Crippen LogP contribution in [0.5, 0.6) is 0 Å². The second-order valence-corrected chi connectivity index (χ2v) is 49.1. The number of rotatable bonds is 12. The molecule has 9 aromatic carbocycles. The molecule has 0 saturated heterocycles. The first kappa shape index (κ1) is 38.5. The quantitative estimate of drug-likeness (QED) is 0.102. The summed E-state index contributed by atoms with van der Waals surface area (Å²) in [5, 5.41) is 10.6. The van der Waals surface area contributed by atoms with Gasteiger partial charge in [0.05, 0.1) is 0 Å². The third kappa shape index (κ3) is 6.02. The van der Waals surface area contributed by atoms with Crippen molar-refractivity contribution in [2.75, 3.05) is 0 Å². The van der Waals surface area contributed by atoms with Crippen molar-refractivity contribution in [1.82, 2.24) is 0 Å². The SMILES string of the molecule is [O]=[V]([Si](c1ccccc1)(c1ccccc1)c1ccccc1)([Si](c1ccccc1)(c1ccccc1)c1ccccc1)[Si](c1ccccc1)(c1ccccc1)c1ccccc1. The number of benzene rings is 9. The average molecular weight is 845 g/mol. The van der Waals surface area contributed by atoms with E-state index >= 15 is 3.67 Å². The number of hydrogen-bond donors (Lipinski definition) is 0. The molecule has 0 aliphatic carbocycles. The van der Waals surface area contributed by atoms with Gasteiger partial charge in [-0.3, -0.25) is 0 Å². The van der Waals surface area contributed by atoms with Crippen LogP contribution < -0.4 is 46.7 Å². The third-order valence-corrected chi connectivity index (χ3v) is 74.6. The van der Waals surface area contributed by atoms with E-state index in [4.69, 9.17) is 0 Å². The molecular weight excluding hydrogens is 800 g/mol. The molecule has 0 atom stereocenters. The minimum atomic E-state index is -5.26. The zero-order valence-electron chi connectivity index (χ0n) is 32.8. The van der Waals surface area contributed by atoms with Gasteiger partial charge in [-0.1, -0.05) is 0 Å². The predicted octanol–water partition coefficient (Wildman–Crippen LogP) is 6.49. The molecule has 0 fully saturated rings. The van der Waals surface area contributed by atoms with Crippen LogP contribution >= 0.6 is 0 Å². The molecule has 9 aromatic rings. The Labute approximate surface area is 352 Å². The molecule has 0 aliphatic rings. The Hall–Kier alpha value is -5.98. The van der Waals surface area contributed by atoms with E-state index in [0.717, 1.165) is 0 Å². The first-order valence-corrected chi connectivity index (χ1v) is 33.0. The van der Waals surface area contributed by atoms with Gasteiger partial charge in [-0.2, -0.15) is 0 Å². The van der Waals surface area contributed by atoms with Crippen molar-refractivity contribution in [1.29, 1.82) is 0 Å². The van der Waals surface area contributed by atoms with Crippen LogP contribution in [0.3, 0.4) is 0 Å². The molecule has 0 amide bonds. The van der Waals surface area contributed by atoms with E-state index < -0.39 is 31.3 Å². The summed E-state index contributed by atoms with van der Waals surface area (Å²) in [6.45, 7) is 0. The van der Waals surface area contributed by atoms with Crippen molar-refractivity contribution in [2.24, 2.45) is 0 Å². The van der Waals surface area contributed by atoms with Gasteiger partial charge < -0.3 is 0 Å². The van der Waals surface area contributed by atoms with Crippen LogP contribution in [0.1, 0.15) is 0 Å². The fourth-order valence-electron chi connectivity index (χ4n) is 10.0. The minimum absolute atomic E-state index is 1.18. The van der Waals surface area contributed by atoms with Crippen molar-refractivity contribution < 1.29 is 15.6 Å². The van der Waals surface area contributed by atoms with Crippen LogP contribution in [0.25, 0.3) is 0 Å². The Morgan fingerprint density at radius 1 is 0.186 bits per heavy atom. The monoisotopic (exact) mass is 844 g/mol. The fourth-order valence-corrected chi connectivity index (χ4v) is 100.0. The second kappa shape index (κ2) is 16.7. The summed E-state index contributed by atoms with van der Waals surface area (Å²) in [4.78, 5) is 0. The van der Waals surface area contributed by atoms with Crippen molar-refractivity contribution in [3.63, 3.8) is 0 Å². The topological polar surface area (TPSA) is 17.1 Å². The molecule has 0 unspecified atom stereocenters. The van der Waals surface area contributed by atoms with E-state index in [1.54, 1.807) is 0 Å². The van der Waals surface area contributed by atoms with Gasteiger partial charge in [-0.25, -0.2) is 0 Å². The van der Waals surface area contributed by atoms with E-state index in [-0.39, 0.29) is 0 Å². The molecule has 5 heteroatoms. The Morgan fingerprint density at radius 3 is 0.390 bits per heavy atom. The zero-order chi connectivity index (χ0) is 40.0. The summed E-state index contributed by atoms with van der Waals surface area (Å²) < 4.78 is 20.7. The molecule has 0 N–H and O–H groups in total. The van der Waals surface area contributed by atoms with Crippen LogP contribution in [-0.2, 0) is 15.6 Å². The molecule has 1 nitrogen and oxygen atoms in total. The van der Waals surface area contributed by atoms with Gasteiger partial charge in [0.2, 0.25) is 0 Å². The maximum absolute atomic E-state index is 20.7. The van der Waals surface area contributed by atoms with Crippen molar-refractivity contribution >= 4 is 66.0 Å². The van der Waals surface area contributed by atoms with E-state index in [0.29, 0.717) is 0 Å². The van der Waals surface area contributed by atoms with Gasteiger partial charge in [0.1, 0.15) is 0 Å². The molecule has 59 heavy (non-hydrogen) atoms. The van der Waals surface area contributed by atoms with Crippen LogP contribution in [0.15, 0.2) is 273 Å². The van der Waals surface area contributed by atoms with Crippen LogP contribution in [0.2, 0.25) is 0 Å². The van der Waals surface area contributed by atoms with Gasteiger partial charge in [0.25, 0.3) is 0 Å². The molecule has 0 heterocycles. The van der Waals surface area contributed by atoms with Gasteiger partial charge >= 0.3 is 355 Å². The van der Waals surface area contributed by atoms with Crippen LogP contribution in [0, 0.1) is 0 Å². The van der Waals surface area contributed by atoms with Crippen molar-refractivity contribution in [2.45, 2.75) is 0 Å². The van der Waals surface area contributed by atoms with E-state index in [9.17, 15) is 0 Å². The molecule has 0 aliphatic heterocycles. The molecular formula is C54H45OSi3V. The molecule has 0 bridgehead atoms. The van der Waals surface area contributed by atoms with E-state index in [1.165, 1.54) is 46.7 Å². The van der Waals surface area contributed by atoms with E-state index in [2.05, 4.69) is 273 Å². The van der Waals surface area contributed by atoms with Gasteiger partial charge in [-0.05, 0) is 0 Å². The van der Waals surface area contributed by atoms with Gasteiger partial charge in [-0.15, -0.1) is 0 Å². The summed E-state index contributed by atoms with van der Waals surface area (Å²) >= 11 is -5.26. The molecule has 0 saturated carbocycles. The Bertz CT molecular complexity index is 2160. The second-order valence-electron chi connectivity index (χ2n) is 15.0. The van der Waals surface area contributed by atoms with Crippen molar-refractivity contribution in [3.8, 4) is 0 Å². The summed E-state index contributed by atoms with van der Waals surface area (Å²) in [5.41, 5.74) is 0. The third-order valence-electron chi connectivity index (χ3n) is 12.1. The predicted molar refractivity (Wildman–Crippen MR) is 253 cm³/mol. The number of hydrogen-bond acceptors (Lipinski definition) is 1. The standard InChI is InChI=1S/3C18H15Si.O.V/c3*1-4-10-16(11-5-1)19(17-12-6-2-7-13-17)18-14-8-3-9-15-18;;/h3*1-15H;;. The zero-order valence-corrected chi connectivity index (χ0v) is 37.2. The molecule has 0 spiro atoms. The summed E-state index contributed by atoms with van der Waals surface area (Å²) in [6, 6.07) is 100.0. The first-order valence-electron chi connectivity index (χ1n) is 20.3. The van der Waals surface area contributed by atoms with Gasteiger partial charge in [0, 0.05) is 0 Å². The van der Waals surface area contributed by atoms with Crippen LogP contribution in [-0.4, -0.2) is 19.3 Å². The van der Waals surface area contributed by atoms with E-state index in [1.807, 2.05) is 0 Å². The molecule has 0 aromatic heterocycles. The molecule has 0 radical (unpaired) electrons. The first-order chi connectivity index (χ1) is 29.2. The summed E-state index contributed by atoms with van der Waals surface area (Å²) in [5.74, 6) is 0. The Morgan fingerprint density at radius 2 is 0.288 bits per heavy atom. The van der Waals surface area contributed by atoms with Gasteiger partial charge in [0.15, 0.2) is 0 Å². The van der Waals surface area contributed by atoms with Crippen molar-refractivity contribution in [3.05, 3.63) is 273 Å². The summed E-state index contributed by atoms with van der Waals surface area (Å²) in [7, 11) is 0.